The Bertz CT molecular complexity index is 555. The van der Waals surface area contributed by atoms with Crippen LogP contribution in [0.25, 0.3) is 0 Å². The highest BCUT2D eigenvalue weighted by Gasteiger charge is 2.06. The van der Waals surface area contributed by atoms with Gasteiger partial charge in [0.2, 0.25) is 0 Å². The lowest BCUT2D eigenvalue weighted by atomic mass is 10.1. The Balaban J connectivity index is 2.03. The van der Waals surface area contributed by atoms with E-state index >= 15 is 0 Å². The second-order valence-electron chi connectivity index (χ2n) is 4.50. The van der Waals surface area contributed by atoms with E-state index in [1.165, 1.54) is 5.56 Å². The third-order valence-electron chi connectivity index (χ3n) is 3.05. The molecule has 0 atom stereocenters. The summed E-state index contributed by atoms with van der Waals surface area (Å²) in [6.07, 6.45) is 0.968. The van der Waals surface area contributed by atoms with Crippen LogP contribution >= 0.6 is 27.5 Å². The molecule has 0 fully saturated rings. The molecule has 0 unspecified atom stereocenters. The zero-order valence-electron chi connectivity index (χ0n) is 10.7. The van der Waals surface area contributed by atoms with Gasteiger partial charge in [-0.25, -0.2) is 0 Å². The van der Waals surface area contributed by atoms with Crippen molar-refractivity contribution in [2.24, 2.45) is 0 Å². The van der Waals surface area contributed by atoms with E-state index in [2.05, 4.69) is 45.1 Å². The molecule has 0 radical (unpaired) electrons. The van der Waals surface area contributed by atoms with E-state index in [1.807, 2.05) is 25.2 Å². The van der Waals surface area contributed by atoms with Gasteiger partial charge >= 0.3 is 0 Å². The number of likely N-dealkylation sites (N-methyl/N-ethyl adjacent to an activating group) is 1. The maximum atomic E-state index is 6.01. The second kappa shape index (κ2) is 6.31. The van der Waals surface area contributed by atoms with Gasteiger partial charge in [-0.2, -0.15) is 0 Å². The summed E-state index contributed by atoms with van der Waals surface area (Å²) in [4.78, 5) is 2.13. The summed E-state index contributed by atoms with van der Waals surface area (Å²) in [5, 5.41) is 0.708. The van der Waals surface area contributed by atoms with Crippen LogP contribution < -0.4 is 10.6 Å². The number of benzene rings is 2. The largest absolute Gasteiger partial charge is 0.397 e. The third-order valence-corrected chi connectivity index (χ3v) is 3.82. The van der Waals surface area contributed by atoms with Crippen molar-refractivity contribution in [1.82, 2.24) is 0 Å². The van der Waals surface area contributed by atoms with Crippen LogP contribution in [0, 0.1) is 0 Å². The highest BCUT2D eigenvalue weighted by molar-refractivity contribution is 9.10. The smallest absolute Gasteiger partial charge is 0.0612 e. The zero-order valence-corrected chi connectivity index (χ0v) is 13.1. The van der Waals surface area contributed by atoms with Crippen LogP contribution in [0.2, 0.25) is 5.02 Å². The summed E-state index contributed by atoms with van der Waals surface area (Å²) in [7, 11) is 2.03. The lowest BCUT2D eigenvalue weighted by molar-refractivity contribution is 0.878. The fourth-order valence-electron chi connectivity index (χ4n) is 1.92. The van der Waals surface area contributed by atoms with Crippen LogP contribution in [0.15, 0.2) is 46.9 Å². The van der Waals surface area contributed by atoms with Gasteiger partial charge in [-0.3, -0.25) is 0 Å². The minimum Gasteiger partial charge on any atom is -0.397 e. The quantitative estimate of drug-likeness (QED) is 0.838. The molecule has 4 heteroatoms. The molecule has 0 aliphatic heterocycles. The molecule has 100 valence electrons. The van der Waals surface area contributed by atoms with Gasteiger partial charge in [-0.15, -0.1) is 0 Å². The van der Waals surface area contributed by atoms with Gasteiger partial charge in [-0.1, -0.05) is 39.7 Å². The lowest BCUT2D eigenvalue weighted by Crippen LogP contribution is -2.21. The van der Waals surface area contributed by atoms with E-state index in [4.69, 9.17) is 17.3 Å². The van der Waals surface area contributed by atoms with Crippen molar-refractivity contribution in [2.45, 2.75) is 6.42 Å². The topological polar surface area (TPSA) is 29.3 Å². The van der Waals surface area contributed by atoms with Gasteiger partial charge in [0.05, 0.1) is 11.4 Å². The fraction of sp³-hybridized carbons (Fsp3) is 0.200. The van der Waals surface area contributed by atoms with E-state index in [0.717, 1.165) is 28.8 Å². The highest BCUT2D eigenvalue weighted by Crippen LogP contribution is 2.26. The molecule has 0 aliphatic rings. The van der Waals surface area contributed by atoms with E-state index in [9.17, 15) is 0 Å². The summed E-state index contributed by atoms with van der Waals surface area (Å²) in [6.45, 7) is 0.895. The summed E-state index contributed by atoms with van der Waals surface area (Å²) in [5.74, 6) is 0. The third kappa shape index (κ3) is 3.88. The number of nitrogens with zero attached hydrogens (tertiary/aromatic N) is 1. The van der Waals surface area contributed by atoms with Crippen LogP contribution in [0.4, 0.5) is 11.4 Å². The van der Waals surface area contributed by atoms with Gasteiger partial charge in [-0.05, 0) is 42.3 Å². The number of halogens is 2. The lowest BCUT2D eigenvalue weighted by Gasteiger charge is -2.21. The summed E-state index contributed by atoms with van der Waals surface area (Å²) in [5.41, 5.74) is 9.00. The van der Waals surface area contributed by atoms with Crippen LogP contribution in [0.1, 0.15) is 5.56 Å². The molecule has 2 nitrogen and oxygen atoms in total. The van der Waals surface area contributed by atoms with Crippen molar-refractivity contribution in [3.05, 3.63) is 57.5 Å². The molecule has 0 bridgehead atoms. The first kappa shape index (κ1) is 14.2. The molecule has 2 rings (SSSR count). The Labute approximate surface area is 127 Å². The number of anilines is 2. The maximum absolute atomic E-state index is 6.01. The average Bonchev–Trinajstić information content (AvgIpc) is 2.40. The monoisotopic (exact) mass is 338 g/mol. The van der Waals surface area contributed by atoms with Crippen LogP contribution in [0.3, 0.4) is 0 Å². The normalized spacial score (nSPS) is 10.5. The number of hydrogen-bond acceptors (Lipinski definition) is 2. The predicted octanol–water partition coefficient (Wildman–Crippen LogP) is 4.36. The SMILES string of the molecule is CN(CCc1ccc(Br)cc1)c1cc(Cl)ccc1N. The molecule has 2 aromatic carbocycles. The average molecular weight is 340 g/mol. The Kier molecular flexibility index (Phi) is 4.72. The molecule has 2 aromatic rings. The van der Waals surface area contributed by atoms with E-state index in [0.29, 0.717) is 5.02 Å². The van der Waals surface area contributed by atoms with Crippen molar-refractivity contribution in [2.75, 3.05) is 24.2 Å². The molecule has 0 heterocycles. The Morgan fingerprint density at radius 1 is 1.16 bits per heavy atom. The summed E-state index contributed by atoms with van der Waals surface area (Å²) < 4.78 is 1.10. The van der Waals surface area contributed by atoms with Gasteiger partial charge in [0.25, 0.3) is 0 Å². The summed E-state index contributed by atoms with van der Waals surface area (Å²) >= 11 is 9.45. The molecule has 19 heavy (non-hydrogen) atoms. The zero-order chi connectivity index (χ0) is 13.8. The van der Waals surface area contributed by atoms with Crippen molar-refractivity contribution in [3.8, 4) is 0 Å². The molecule has 2 N–H and O–H groups in total. The van der Waals surface area contributed by atoms with Gasteiger partial charge in [0.1, 0.15) is 0 Å². The Morgan fingerprint density at radius 3 is 2.53 bits per heavy atom. The van der Waals surface area contributed by atoms with Crippen LogP contribution in [-0.2, 0) is 6.42 Å². The molecule has 0 amide bonds. The van der Waals surface area contributed by atoms with Crippen molar-refractivity contribution in [3.63, 3.8) is 0 Å². The van der Waals surface area contributed by atoms with Crippen LogP contribution in [0.5, 0.6) is 0 Å². The van der Waals surface area contributed by atoms with Crippen molar-refractivity contribution in [1.29, 1.82) is 0 Å². The number of hydrogen-bond donors (Lipinski definition) is 1. The first-order chi connectivity index (χ1) is 9.06. The van der Waals surface area contributed by atoms with Crippen molar-refractivity contribution < 1.29 is 0 Å². The van der Waals surface area contributed by atoms with Gasteiger partial charge in [0, 0.05) is 23.1 Å². The van der Waals surface area contributed by atoms with Gasteiger partial charge < -0.3 is 10.6 Å². The fourth-order valence-corrected chi connectivity index (χ4v) is 2.35. The van der Waals surface area contributed by atoms with E-state index in [1.54, 1.807) is 0 Å². The maximum Gasteiger partial charge on any atom is 0.0612 e. The predicted molar refractivity (Wildman–Crippen MR) is 87.0 cm³/mol. The Morgan fingerprint density at radius 2 is 1.84 bits per heavy atom. The Hall–Kier alpha value is -1.19. The van der Waals surface area contributed by atoms with Crippen molar-refractivity contribution >= 4 is 38.9 Å². The number of rotatable bonds is 4. The van der Waals surface area contributed by atoms with Crippen LogP contribution in [-0.4, -0.2) is 13.6 Å². The first-order valence-electron chi connectivity index (χ1n) is 6.07. The molecule has 0 spiro atoms. The second-order valence-corrected chi connectivity index (χ2v) is 5.85. The molecular formula is C15H16BrClN2. The number of nitrogen functional groups attached to an aromatic ring is 1. The van der Waals surface area contributed by atoms with Gasteiger partial charge in [0.15, 0.2) is 0 Å². The molecule has 0 saturated heterocycles. The molecular weight excluding hydrogens is 324 g/mol. The number of nitrogens with two attached hydrogens (primary N) is 1. The van der Waals surface area contributed by atoms with E-state index in [-0.39, 0.29) is 0 Å². The standard InChI is InChI=1S/C15H16BrClN2/c1-19(15-10-13(17)6-7-14(15)18)9-8-11-2-4-12(16)5-3-11/h2-7,10H,8-9,18H2,1H3. The first-order valence-corrected chi connectivity index (χ1v) is 7.24. The minimum atomic E-state index is 0.708. The summed E-state index contributed by atoms with van der Waals surface area (Å²) in [6, 6.07) is 13.9. The molecule has 0 aliphatic carbocycles. The molecule has 0 saturated carbocycles. The minimum absolute atomic E-state index is 0.708. The van der Waals surface area contributed by atoms with E-state index < -0.39 is 0 Å². The molecule has 0 aromatic heterocycles. The highest BCUT2D eigenvalue weighted by atomic mass is 79.9.